The third-order valence-electron chi connectivity index (χ3n) is 12.9. The van der Waals surface area contributed by atoms with Crippen LogP contribution in [0.15, 0.2) is 72.3 Å². The minimum atomic E-state index is -2.33. The Morgan fingerprint density at radius 1 is 1.04 bits per heavy atom. The highest BCUT2D eigenvalue weighted by Crippen LogP contribution is 2.72. The van der Waals surface area contributed by atoms with Crippen molar-refractivity contribution in [3.8, 4) is 0 Å². The van der Waals surface area contributed by atoms with Crippen molar-refractivity contribution in [1.29, 1.82) is 0 Å². The summed E-state index contributed by atoms with van der Waals surface area (Å²) < 4.78 is 46.6. The molecule has 3 saturated carbocycles. The van der Waals surface area contributed by atoms with Gasteiger partial charge in [-0.25, -0.2) is 8.78 Å². The number of nitrogens with two attached hydrogens (primary N) is 1. The number of ketones is 2. The van der Waals surface area contributed by atoms with Gasteiger partial charge in [-0.05, 0) is 93.4 Å². The topological polar surface area (TPSA) is 177 Å². The molecule has 1 heterocycles. The molecule has 11 nitrogen and oxygen atoms in total. The van der Waals surface area contributed by atoms with Gasteiger partial charge in [-0.15, -0.1) is 0 Å². The number of fused-ring (bicyclic) bond motifs is 7. The number of carbonyl (C=O) groups is 4. The average molecular weight is 748 g/mol. The van der Waals surface area contributed by atoms with Crippen molar-refractivity contribution in [1.82, 2.24) is 5.32 Å². The number of carbonyl (C=O) groups excluding carboxylic acids is 4. The first-order valence-electron chi connectivity index (χ1n) is 18.5. The molecular weight excluding hydrogens is 700 g/mol. The van der Waals surface area contributed by atoms with Crippen LogP contribution in [0.4, 0.5) is 14.5 Å². The van der Waals surface area contributed by atoms with E-state index < -0.39 is 94.8 Å². The molecule has 4 aliphatic carbocycles. The van der Waals surface area contributed by atoms with Crippen LogP contribution in [0.2, 0.25) is 0 Å². The molecule has 1 aliphatic heterocycles. The van der Waals surface area contributed by atoms with Crippen LogP contribution in [-0.2, 0) is 35.1 Å². The van der Waals surface area contributed by atoms with Crippen LogP contribution in [0.5, 0.6) is 0 Å². The van der Waals surface area contributed by atoms with E-state index in [1.54, 1.807) is 19.9 Å². The fourth-order valence-corrected chi connectivity index (χ4v) is 10.2. The second-order valence-electron chi connectivity index (χ2n) is 16.1. The number of Topliss-reactive ketones (excluding diaryl/α,β-unsaturated/α-hetero) is 1. The van der Waals surface area contributed by atoms with E-state index >= 15 is 8.78 Å². The fourth-order valence-electron chi connectivity index (χ4n) is 10.2. The Kier molecular flexibility index (Phi) is 9.58. The number of ether oxygens (including phenoxy) is 2. The Balaban J connectivity index is 1.09. The highest BCUT2D eigenvalue weighted by atomic mass is 19.1. The number of anilines is 1. The van der Waals surface area contributed by atoms with E-state index in [0.717, 1.165) is 17.2 Å². The van der Waals surface area contributed by atoms with Crippen molar-refractivity contribution in [3.63, 3.8) is 0 Å². The molecule has 12 atom stereocenters. The highest BCUT2D eigenvalue weighted by Gasteiger charge is 2.80. The summed E-state index contributed by atoms with van der Waals surface area (Å²) in [6.45, 7) is 5.51. The van der Waals surface area contributed by atoms with Gasteiger partial charge in [-0.3, -0.25) is 19.2 Å². The molecular formula is C41H47F2N3O8. The van der Waals surface area contributed by atoms with Crippen LogP contribution in [-0.4, -0.2) is 81.9 Å². The zero-order valence-electron chi connectivity index (χ0n) is 30.7. The van der Waals surface area contributed by atoms with Crippen LogP contribution in [0.25, 0.3) is 0 Å². The van der Waals surface area contributed by atoms with Crippen LogP contribution >= 0.6 is 0 Å². The molecule has 4 unspecified atom stereocenters. The predicted molar refractivity (Wildman–Crippen MR) is 193 cm³/mol. The molecule has 5 aliphatic rings. The number of halogens is 2. The Morgan fingerprint density at radius 3 is 2.44 bits per heavy atom. The van der Waals surface area contributed by atoms with Gasteiger partial charge in [-0.1, -0.05) is 49.4 Å². The van der Waals surface area contributed by atoms with Gasteiger partial charge in [-0.2, -0.15) is 0 Å². The number of hydrogen-bond acceptors (Lipinski definition) is 9. The Hall–Kier alpha value is -4.14. The van der Waals surface area contributed by atoms with Crippen molar-refractivity contribution in [2.45, 2.75) is 101 Å². The molecule has 0 spiro atoms. The summed E-state index contributed by atoms with van der Waals surface area (Å²) in [5.41, 5.74) is 1.76. The second kappa shape index (κ2) is 13.6. The molecule has 0 aromatic heterocycles. The van der Waals surface area contributed by atoms with Gasteiger partial charge in [0.05, 0.1) is 18.2 Å². The predicted octanol–water partition coefficient (Wildman–Crippen LogP) is 3.71. The van der Waals surface area contributed by atoms with Gasteiger partial charge in [0.2, 0.25) is 11.8 Å². The van der Waals surface area contributed by atoms with Crippen molar-refractivity contribution in [3.05, 3.63) is 89.0 Å². The van der Waals surface area contributed by atoms with Crippen LogP contribution in [0.3, 0.4) is 0 Å². The fraction of sp³-hybridized carbons (Fsp3) is 0.512. The molecule has 54 heavy (non-hydrogen) atoms. The van der Waals surface area contributed by atoms with Gasteiger partial charge in [0.15, 0.2) is 29.1 Å². The smallest absolute Gasteiger partial charge is 0.246 e. The van der Waals surface area contributed by atoms with Gasteiger partial charge < -0.3 is 36.1 Å². The van der Waals surface area contributed by atoms with E-state index in [9.17, 15) is 29.4 Å². The van der Waals surface area contributed by atoms with E-state index in [1.165, 1.54) is 26.0 Å². The maximum Gasteiger partial charge on any atom is 0.246 e. The molecule has 6 N–H and O–H groups in total. The average Bonchev–Trinajstić information content (AvgIpc) is 3.63. The number of alkyl halides is 2. The molecule has 2 aromatic rings. The van der Waals surface area contributed by atoms with E-state index in [4.69, 9.17) is 15.2 Å². The lowest BCUT2D eigenvalue weighted by molar-refractivity contribution is -0.235. The van der Waals surface area contributed by atoms with E-state index in [-0.39, 0.29) is 30.7 Å². The SMILES string of the molecule is C[C@H](N)C(=O)N[C@@H](C)C(=O)Nc1cccc(Cc2ccc([C@@H]3O[C@@H]4C[C@H]5C6C[C@H](F)C7=CC(=O)C=CC7(C)[C@@]6(F)C(O)CC5(C)[C@]4(C(=O)CO)O3)cc2)c1. The lowest BCUT2D eigenvalue weighted by Gasteiger charge is -2.63. The molecule has 1 saturated heterocycles. The van der Waals surface area contributed by atoms with Crippen molar-refractivity contribution in [2.24, 2.45) is 28.4 Å². The summed E-state index contributed by atoms with van der Waals surface area (Å²) in [5, 5.41) is 27.4. The lowest BCUT2D eigenvalue weighted by atomic mass is 9.44. The first-order valence-corrected chi connectivity index (χ1v) is 18.5. The third kappa shape index (κ3) is 5.69. The van der Waals surface area contributed by atoms with Gasteiger partial charge in [0, 0.05) is 28.0 Å². The number of allylic oxidation sites excluding steroid dienone is 4. The molecule has 0 radical (unpaired) electrons. The Bertz CT molecular complexity index is 1940. The molecule has 288 valence electrons. The maximum absolute atomic E-state index is 17.7. The van der Waals surface area contributed by atoms with Crippen LogP contribution in [0, 0.1) is 22.7 Å². The summed E-state index contributed by atoms with van der Waals surface area (Å²) in [6.07, 6.45) is -1.26. The second-order valence-corrected chi connectivity index (χ2v) is 16.1. The van der Waals surface area contributed by atoms with Crippen molar-refractivity contribution in [2.75, 3.05) is 11.9 Å². The summed E-state index contributed by atoms with van der Waals surface area (Å²) >= 11 is 0. The van der Waals surface area contributed by atoms with E-state index in [2.05, 4.69) is 10.6 Å². The number of rotatable bonds is 9. The number of aliphatic hydroxyl groups excluding tert-OH is 2. The zero-order valence-corrected chi connectivity index (χ0v) is 30.7. The first kappa shape index (κ1) is 38.1. The Labute approximate surface area is 312 Å². The van der Waals surface area contributed by atoms with E-state index in [1.807, 2.05) is 42.5 Å². The number of aliphatic hydroxyl groups is 2. The maximum atomic E-state index is 17.7. The third-order valence-corrected chi connectivity index (χ3v) is 12.9. The minimum Gasteiger partial charge on any atom is -0.390 e. The molecule has 13 heteroatoms. The normalized spacial score (nSPS) is 37.6. The quantitative estimate of drug-likeness (QED) is 0.256. The number of nitrogens with one attached hydrogen (secondary N) is 2. The minimum absolute atomic E-state index is 0.0147. The standard InChI is InChI=1S/C41H47F2N3O8/c1-21(44)35(51)45-22(2)36(52)46-26-7-5-6-24(15-26)14-23-8-10-25(11-9-23)37-53-34-18-28-29-17-31(42)30-16-27(48)12-13-38(30,3)40(29,43)32(49)19-39(28,4)41(34,54-37)33(50)20-47/h5-13,15-16,21-22,28-29,31-32,34,37,47,49H,14,17-20,44H2,1-4H3,(H,45,51)(H,46,52)/t21-,22-,28-,29?,31-,32?,34+,37+,38?,39?,40-,41+/m0/s1. The largest absolute Gasteiger partial charge is 0.390 e. The van der Waals surface area contributed by atoms with Crippen LogP contribution < -0.4 is 16.4 Å². The Morgan fingerprint density at radius 2 is 1.76 bits per heavy atom. The van der Waals surface area contributed by atoms with Gasteiger partial charge >= 0.3 is 0 Å². The molecule has 4 fully saturated rings. The van der Waals surface area contributed by atoms with Crippen molar-refractivity contribution >= 4 is 29.1 Å². The van der Waals surface area contributed by atoms with Gasteiger partial charge in [0.1, 0.15) is 18.8 Å². The van der Waals surface area contributed by atoms with E-state index in [0.29, 0.717) is 17.7 Å². The molecule has 2 aromatic carbocycles. The summed E-state index contributed by atoms with van der Waals surface area (Å²) in [7, 11) is 0. The number of hydrogen-bond donors (Lipinski definition) is 5. The monoisotopic (exact) mass is 747 g/mol. The summed E-state index contributed by atoms with van der Waals surface area (Å²) in [4.78, 5) is 50.6. The van der Waals surface area contributed by atoms with Gasteiger partial charge in [0.25, 0.3) is 0 Å². The van der Waals surface area contributed by atoms with Crippen LogP contribution in [0.1, 0.15) is 69.9 Å². The molecule has 2 amide bonds. The highest BCUT2D eigenvalue weighted by molar-refractivity contribution is 6.01. The lowest BCUT2D eigenvalue weighted by Crippen LogP contribution is -2.70. The molecule has 0 bridgehead atoms. The molecule has 7 rings (SSSR count). The van der Waals surface area contributed by atoms with Crippen molar-refractivity contribution < 1.29 is 47.6 Å². The zero-order chi connectivity index (χ0) is 39.0. The summed E-state index contributed by atoms with van der Waals surface area (Å²) in [6, 6.07) is 13.2. The first-order chi connectivity index (χ1) is 25.5. The number of benzene rings is 2. The summed E-state index contributed by atoms with van der Waals surface area (Å²) in [5.74, 6) is -3.57. The number of amides is 2.